The second kappa shape index (κ2) is 6.45. The zero-order valence-corrected chi connectivity index (χ0v) is 14.5. The molecular formula is C14H20N2O4S2. The molecule has 1 saturated heterocycles. The topological polar surface area (TPSA) is 80.5 Å². The van der Waals surface area contributed by atoms with Crippen LogP contribution in [0.15, 0.2) is 23.1 Å². The van der Waals surface area contributed by atoms with Crippen LogP contribution in [0.3, 0.4) is 0 Å². The normalized spacial score (nSPS) is 19.5. The van der Waals surface area contributed by atoms with E-state index in [1.165, 1.54) is 12.1 Å². The van der Waals surface area contributed by atoms with E-state index in [0.717, 1.165) is 30.8 Å². The Balaban J connectivity index is 2.39. The molecule has 0 amide bonds. The highest BCUT2D eigenvalue weighted by Crippen LogP contribution is 2.32. The molecule has 2 rings (SSSR count). The second-order valence-electron chi connectivity index (χ2n) is 5.78. The van der Waals surface area contributed by atoms with Gasteiger partial charge in [-0.05, 0) is 18.1 Å². The third-order valence-electron chi connectivity index (χ3n) is 3.74. The number of hydrogen-bond donors (Lipinski definition) is 0. The Kier molecular flexibility index (Phi) is 5.01. The second-order valence-corrected chi connectivity index (χ2v) is 9.11. The van der Waals surface area contributed by atoms with Gasteiger partial charge in [-0.1, -0.05) is 13.8 Å². The van der Waals surface area contributed by atoms with Crippen molar-refractivity contribution >= 4 is 33.0 Å². The molecule has 8 heteroatoms. The van der Waals surface area contributed by atoms with Crippen molar-refractivity contribution in [1.82, 2.24) is 0 Å². The van der Waals surface area contributed by atoms with Gasteiger partial charge in [-0.2, -0.15) is 11.8 Å². The van der Waals surface area contributed by atoms with Crippen LogP contribution >= 0.6 is 11.8 Å². The molecule has 0 radical (unpaired) electrons. The summed E-state index contributed by atoms with van der Waals surface area (Å²) < 4.78 is 23.7. The Morgan fingerprint density at radius 3 is 2.64 bits per heavy atom. The lowest BCUT2D eigenvalue weighted by Crippen LogP contribution is -2.40. The molecule has 0 saturated carbocycles. The molecule has 1 aliphatic heterocycles. The maximum Gasteiger partial charge on any atom is 0.288 e. The minimum atomic E-state index is -3.64. The highest BCUT2D eigenvalue weighted by Gasteiger charge is 2.27. The molecule has 22 heavy (non-hydrogen) atoms. The van der Waals surface area contributed by atoms with Gasteiger partial charge in [0.15, 0.2) is 9.84 Å². The molecule has 6 nitrogen and oxygen atoms in total. The molecule has 0 aliphatic carbocycles. The summed E-state index contributed by atoms with van der Waals surface area (Å²) in [6.45, 7) is 5.97. The fourth-order valence-corrected chi connectivity index (χ4v) is 4.62. The Morgan fingerprint density at radius 2 is 2.09 bits per heavy atom. The van der Waals surface area contributed by atoms with Crippen LogP contribution in [0.1, 0.15) is 13.8 Å². The van der Waals surface area contributed by atoms with Gasteiger partial charge < -0.3 is 4.90 Å². The molecule has 0 spiro atoms. The van der Waals surface area contributed by atoms with Crippen molar-refractivity contribution in [2.24, 2.45) is 5.92 Å². The van der Waals surface area contributed by atoms with Gasteiger partial charge in [0, 0.05) is 42.1 Å². The Bertz CT molecular complexity index is 673. The minimum absolute atomic E-state index is 0.214. The van der Waals surface area contributed by atoms with Crippen molar-refractivity contribution in [2.75, 3.05) is 30.0 Å². The first kappa shape index (κ1) is 17.1. The molecule has 1 fully saturated rings. The summed E-state index contributed by atoms with van der Waals surface area (Å²) >= 11 is 1.92. The first-order valence-corrected chi connectivity index (χ1v) is 9.99. The van der Waals surface area contributed by atoms with Crippen molar-refractivity contribution in [2.45, 2.75) is 24.0 Å². The molecule has 1 heterocycles. The molecule has 0 bridgehead atoms. The monoisotopic (exact) mass is 344 g/mol. The van der Waals surface area contributed by atoms with E-state index in [9.17, 15) is 18.5 Å². The van der Waals surface area contributed by atoms with Crippen molar-refractivity contribution in [1.29, 1.82) is 0 Å². The van der Waals surface area contributed by atoms with Crippen LogP contribution in [0.2, 0.25) is 0 Å². The van der Waals surface area contributed by atoms with Gasteiger partial charge in [0.2, 0.25) is 0 Å². The zero-order valence-electron chi connectivity index (χ0n) is 12.9. The third kappa shape index (κ3) is 3.73. The van der Waals surface area contributed by atoms with E-state index in [4.69, 9.17) is 0 Å². The zero-order chi connectivity index (χ0) is 16.5. The quantitative estimate of drug-likeness (QED) is 0.617. The van der Waals surface area contributed by atoms with Gasteiger partial charge >= 0.3 is 0 Å². The number of nitro benzene ring substituents is 1. The Hall–Kier alpha value is -1.28. The number of rotatable bonds is 4. The number of nitro groups is 1. The number of sulfone groups is 1. The van der Waals surface area contributed by atoms with E-state index >= 15 is 0 Å². The molecule has 1 atom stereocenters. The van der Waals surface area contributed by atoms with Crippen molar-refractivity contribution in [3.8, 4) is 0 Å². The van der Waals surface area contributed by atoms with Crippen LogP contribution in [-0.2, 0) is 9.84 Å². The van der Waals surface area contributed by atoms with Crippen molar-refractivity contribution < 1.29 is 13.3 Å². The van der Waals surface area contributed by atoms with E-state index in [0.29, 0.717) is 11.2 Å². The molecule has 122 valence electrons. The minimum Gasteiger partial charge on any atom is -0.370 e. The maximum absolute atomic E-state index is 11.8. The Morgan fingerprint density at radius 1 is 1.41 bits per heavy atom. The molecule has 0 N–H and O–H groups in total. The lowest BCUT2D eigenvalue weighted by Gasteiger charge is -2.36. The highest BCUT2D eigenvalue weighted by atomic mass is 32.2. The van der Waals surface area contributed by atoms with Gasteiger partial charge in [0.05, 0.1) is 4.92 Å². The SMILES string of the molecule is CC(C)C1CN(c2ccc([N+](=O)[O-])c(S(C)(=O)=O)c2)CCS1. The summed E-state index contributed by atoms with van der Waals surface area (Å²) in [5, 5.41) is 11.5. The molecule has 1 aromatic rings. The standard InChI is InChI=1S/C14H20N2O4S2/c1-10(2)13-9-15(6-7-21-13)11-4-5-12(16(17)18)14(8-11)22(3,19)20/h4-5,8,10,13H,6-7,9H2,1-3H3. The molecule has 1 aliphatic rings. The van der Waals surface area contributed by atoms with Crippen molar-refractivity contribution in [3.63, 3.8) is 0 Å². The molecular weight excluding hydrogens is 324 g/mol. The smallest absolute Gasteiger partial charge is 0.288 e. The summed E-state index contributed by atoms with van der Waals surface area (Å²) in [6.07, 6.45) is 1.00. The summed E-state index contributed by atoms with van der Waals surface area (Å²) in [6, 6.07) is 4.36. The largest absolute Gasteiger partial charge is 0.370 e. The predicted octanol–water partition coefficient (Wildman–Crippen LogP) is 2.58. The van der Waals surface area contributed by atoms with Crippen molar-refractivity contribution in [3.05, 3.63) is 28.3 Å². The van der Waals surface area contributed by atoms with Crippen LogP contribution in [0.25, 0.3) is 0 Å². The lowest BCUT2D eigenvalue weighted by molar-refractivity contribution is -0.387. The maximum atomic E-state index is 11.8. The van der Waals surface area contributed by atoms with E-state index < -0.39 is 14.8 Å². The summed E-state index contributed by atoms with van der Waals surface area (Å²) in [7, 11) is -3.64. The van der Waals surface area contributed by atoms with Gasteiger partial charge in [-0.25, -0.2) is 8.42 Å². The van der Waals surface area contributed by atoms with E-state index in [1.807, 2.05) is 11.8 Å². The predicted molar refractivity (Wildman–Crippen MR) is 89.5 cm³/mol. The van der Waals surface area contributed by atoms with Crippen LogP contribution in [0.5, 0.6) is 0 Å². The number of benzene rings is 1. The summed E-state index contributed by atoms with van der Waals surface area (Å²) in [5.41, 5.74) is 0.370. The molecule has 0 aromatic heterocycles. The number of hydrogen-bond acceptors (Lipinski definition) is 6. The van der Waals surface area contributed by atoms with Gasteiger partial charge in [0.1, 0.15) is 4.90 Å². The van der Waals surface area contributed by atoms with E-state index in [1.54, 1.807) is 6.07 Å². The van der Waals surface area contributed by atoms with E-state index in [-0.39, 0.29) is 10.6 Å². The van der Waals surface area contributed by atoms with Crippen LogP contribution in [0, 0.1) is 16.0 Å². The fourth-order valence-electron chi connectivity index (χ4n) is 2.46. The average molecular weight is 344 g/mol. The first-order chi connectivity index (χ1) is 10.2. The van der Waals surface area contributed by atoms with Gasteiger partial charge in [-0.3, -0.25) is 10.1 Å². The van der Waals surface area contributed by atoms with Crippen LogP contribution in [-0.4, -0.2) is 43.7 Å². The summed E-state index contributed by atoms with van der Waals surface area (Å²) in [5.74, 6) is 1.49. The Labute approximate surface area is 135 Å². The lowest BCUT2D eigenvalue weighted by atomic mass is 10.1. The highest BCUT2D eigenvalue weighted by molar-refractivity contribution is 8.00. The number of thioether (sulfide) groups is 1. The fraction of sp³-hybridized carbons (Fsp3) is 0.571. The average Bonchev–Trinajstić information content (AvgIpc) is 2.45. The summed E-state index contributed by atoms with van der Waals surface area (Å²) in [4.78, 5) is 12.3. The van der Waals surface area contributed by atoms with Crippen LogP contribution in [0.4, 0.5) is 11.4 Å². The van der Waals surface area contributed by atoms with Gasteiger partial charge in [0.25, 0.3) is 5.69 Å². The molecule has 1 aromatic carbocycles. The number of anilines is 1. The first-order valence-electron chi connectivity index (χ1n) is 7.05. The number of nitrogens with zero attached hydrogens (tertiary/aromatic N) is 2. The van der Waals surface area contributed by atoms with Gasteiger partial charge in [-0.15, -0.1) is 0 Å². The molecule has 1 unspecified atom stereocenters. The van der Waals surface area contributed by atoms with E-state index in [2.05, 4.69) is 18.7 Å². The van der Waals surface area contributed by atoms with Crippen LogP contribution < -0.4 is 4.90 Å². The third-order valence-corrected chi connectivity index (χ3v) is 6.41.